The van der Waals surface area contributed by atoms with Gasteiger partial charge in [-0.15, -0.1) is 108 Å². The minimum absolute atomic E-state index is 0. The first kappa shape index (κ1) is 22.5. The second-order valence-electron chi connectivity index (χ2n) is 9.75. The van der Waals surface area contributed by atoms with Crippen LogP contribution in [0.3, 0.4) is 0 Å². The molecule has 47 heavy (non-hydrogen) atoms. The molecule has 7 aromatic rings. The fraction of sp³-hybridized carbons (Fsp3) is 0.0930. The number of aryl methyl sites for hydroxylation is 3. The average molecular weight is 798 g/mol. The maximum atomic E-state index is 8.23. The Bertz CT molecular complexity index is 2240. The standard InChI is InChI=1S/C19H16N.2C12H10N.Ir/c1-2-15-13-19(17-11-7-4-8-12-17)20-14-18(15)16-9-5-3-6-10-16;2*1-10-6-5-9-12(13-10)11-7-3-2-4-8-11;/h3-11,13-14H,2H2,1H3;2*2-7,9H,1H3;/q3*-1;+3/i1D3,2D2;2*1D3;. The normalized spacial score (nSPS) is 14.5. The SMILES string of the molecule is [2H]C([2H])([2H])C([2H])([2H])c1cc(-c2[c-]cccc2)ncc1-c1ccccc1.[2H]C([2H])([2H])c1cccc(-c2[c-]cccc2)n1.[2H]C([2H])([2H])c1cccc(-c2[c-]cccc2)n1.[Ir+3]. The zero-order valence-corrected chi connectivity index (χ0v) is 27.5. The van der Waals surface area contributed by atoms with E-state index in [1.165, 1.54) is 24.4 Å². The van der Waals surface area contributed by atoms with Crippen LogP contribution in [0.4, 0.5) is 0 Å². The van der Waals surface area contributed by atoms with Crippen LogP contribution in [0, 0.1) is 31.9 Å². The third kappa shape index (κ3) is 10.2. The molecule has 0 saturated carbocycles. The summed E-state index contributed by atoms with van der Waals surface area (Å²) in [5.74, 6) is 0. The van der Waals surface area contributed by atoms with E-state index in [4.69, 9.17) is 15.1 Å². The molecule has 0 amide bonds. The van der Waals surface area contributed by atoms with Crippen LogP contribution in [0.15, 0.2) is 152 Å². The van der Waals surface area contributed by atoms with Gasteiger partial charge in [0, 0.05) is 38.2 Å². The third-order valence-corrected chi connectivity index (χ3v) is 6.58. The molecule has 7 rings (SSSR count). The summed E-state index contributed by atoms with van der Waals surface area (Å²) in [4.78, 5) is 12.6. The number of benzene rings is 4. The van der Waals surface area contributed by atoms with Crippen molar-refractivity contribution in [2.45, 2.75) is 26.9 Å². The molecule has 0 radical (unpaired) electrons. The smallest absolute Gasteiger partial charge is 0.304 e. The van der Waals surface area contributed by atoms with Crippen LogP contribution < -0.4 is 0 Å². The Balaban J connectivity index is 0.000000199. The number of hydrogen-bond acceptors (Lipinski definition) is 3. The van der Waals surface area contributed by atoms with Gasteiger partial charge in [0.15, 0.2) is 0 Å². The van der Waals surface area contributed by atoms with E-state index in [-0.39, 0.29) is 37.1 Å². The molecule has 4 heteroatoms. The van der Waals surface area contributed by atoms with Crippen molar-refractivity contribution in [1.82, 2.24) is 15.0 Å². The van der Waals surface area contributed by atoms with E-state index in [0.29, 0.717) is 28.2 Å². The predicted molar refractivity (Wildman–Crippen MR) is 190 cm³/mol. The van der Waals surface area contributed by atoms with Crippen molar-refractivity contribution in [1.29, 1.82) is 0 Å². The summed E-state index contributed by atoms with van der Waals surface area (Å²) >= 11 is 0. The van der Waals surface area contributed by atoms with Gasteiger partial charge in [-0.1, -0.05) is 67.5 Å². The van der Waals surface area contributed by atoms with E-state index in [2.05, 4.69) is 33.2 Å². The first-order valence-electron chi connectivity index (χ1n) is 19.9. The first-order chi connectivity index (χ1) is 26.9. The number of nitrogens with zero attached hydrogens (tertiary/aromatic N) is 3. The Morgan fingerprint density at radius 1 is 0.574 bits per heavy atom. The molecule has 0 unspecified atom stereocenters. The van der Waals surface area contributed by atoms with E-state index >= 15 is 0 Å². The van der Waals surface area contributed by atoms with Crippen LogP contribution >= 0.6 is 0 Å². The van der Waals surface area contributed by atoms with Gasteiger partial charge in [0.05, 0.1) is 0 Å². The van der Waals surface area contributed by atoms with Crippen molar-refractivity contribution >= 4 is 0 Å². The second-order valence-corrected chi connectivity index (χ2v) is 9.75. The van der Waals surface area contributed by atoms with Crippen LogP contribution in [-0.4, -0.2) is 15.0 Å². The zero-order valence-electron chi connectivity index (χ0n) is 36.1. The van der Waals surface area contributed by atoms with Crippen molar-refractivity contribution in [3.05, 3.63) is 187 Å². The Hall–Kier alpha value is -5.02. The van der Waals surface area contributed by atoms with Crippen LogP contribution in [0.5, 0.6) is 0 Å². The summed E-state index contributed by atoms with van der Waals surface area (Å²) in [5.41, 5.74) is 5.56. The quantitative estimate of drug-likeness (QED) is 0.163. The van der Waals surface area contributed by atoms with Crippen LogP contribution in [0.1, 0.15) is 38.9 Å². The molecule has 0 atom stereocenters. The van der Waals surface area contributed by atoms with Crippen molar-refractivity contribution in [2.75, 3.05) is 0 Å². The van der Waals surface area contributed by atoms with Gasteiger partial charge in [-0.3, -0.25) is 0 Å². The second kappa shape index (κ2) is 18.2. The summed E-state index contributed by atoms with van der Waals surface area (Å²) < 4.78 is 83.1. The molecular formula is C43H36IrN3. The van der Waals surface area contributed by atoms with E-state index in [1.54, 1.807) is 48.5 Å². The van der Waals surface area contributed by atoms with E-state index < -0.39 is 26.9 Å². The molecule has 0 bridgehead atoms. The van der Waals surface area contributed by atoms with Gasteiger partial charge in [-0.05, 0) is 60.4 Å². The molecule has 0 aliphatic carbocycles. The van der Waals surface area contributed by atoms with Gasteiger partial charge in [0.25, 0.3) is 0 Å². The van der Waals surface area contributed by atoms with Crippen LogP contribution in [0.2, 0.25) is 0 Å². The fourth-order valence-corrected chi connectivity index (χ4v) is 4.38. The van der Waals surface area contributed by atoms with Gasteiger partial charge in [-0.25, -0.2) is 0 Å². The largest absolute Gasteiger partial charge is 3.00 e. The van der Waals surface area contributed by atoms with Crippen molar-refractivity contribution < 1.29 is 35.2 Å². The molecule has 0 aliphatic rings. The van der Waals surface area contributed by atoms with Crippen molar-refractivity contribution in [3.8, 4) is 44.9 Å². The molecular weight excluding hydrogens is 751 g/mol. The molecule has 3 heterocycles. The van der Waals surface area contributed by atoms with Gasteiger partial charge >= 0.3 is 20.1 Å². The molecule has 0 fully saturated rings. The minimum Gasteiger partial charge on any atom is -0.304 e. The monoisotopic (exact) mass is 798 g/mol. The van der Waals surface area contributed by atoms with Crippen molar-refractivity contribution in [3.63, 3.8) is 0 Å². The molecule has 0 spiro atoms. The predicted octanol–water partition coefficient (Wildman–Crippen LogP) is 10.5. The molecule has 0 aliphatic heterocycles. The molecule has 3 aromatic heterocycles. The Morgan fingerprint density at radius 3 is 1.55 bits per heavy atom. The molecule has 0 saturated heterocycles. The first-order valence-corrected chi connectivity index (χ1v) is 14.4. The van der Waals surface area contributed by atoms with Gasteiger partial charge in [-0.2, -0.15) is 0 Å². The zero-order chi connectivity index (χ0) is 41.3. The Kier molecular flexibility index (Phi) is 8.71. The van der Waals surface area contributed by atoms with Gasteiger partial charge in [0.2, 0.25) is 0 Å². The molecule has 0 N–H and O–H groups in total. The summed E-state index contributed by atoms with van der Waals surface area (Å²) in [6.45, 7) is -7.12. The minimum atomic E-state index is -2.80. The van der Waals surface area contributed by atoms with E-state index in [1.807, 2.05) is 78.9 Å². The Morgan fingerprint density at radius 2 is 1.09 bits per heavy atom. The third-order valence-electron chi connectivity index (χ3n) is 6.58. The van der Waals surface area contributed by atoms with E-state index in [9.17, 15) is 0 Å². The number of aromatic nitrogens is 3. The number of pyridine rings is 3. The molecule has 232 valence electrons. The van der Waals surface area contributed by atoms with Crippen LogP contribution in [-0.2, 0) is 26.5 Å². The van der Waals surface area contributed by atoms with Crippen molar-refractivity contribution in [2.24, 2.45) is 0 Å². The summed E-state index contributed by atoms with van der Waals surface area (Å²) in [5, 5.41) is 0. The topological polar surface area (TPSA) is 38.7 Å². The summed E-state index contributed by atoms with van der Waals surface area (Å²) in [6, 6.07) is 51.6. The molecule has 3 nitrogen and oxygen atoms in total. The average Bonchev–Trinajstić information content (AvgIpc) is 3.21. The van der Waals surface area contributed by atoms with Gasteiger partial charge < -0.3 is 15.0 Å². The summed E-state index contributed by atoms with van der Waals surface area (Å²) in [7, 11) is 0. The van der Waals surface area contributed by atoms with Gasteiger partial charge in [0.1, 0.15) is 0 Å². The number of hydrogen-bond donors (Lipinski definition) is 0. The van der Waals surface area contributed by atoms with Crippen LogP contribution in [0.25, 0.3) is 44.9 Å². The maximum Gasteiger partial charge on any atom is 3.00 e. The fourth-order valence-electron chi connectivity index (χ4n) is 4.38. The molecule has 4 aromatic carbocycles. The Labute approximate surface area is 308 Å². The maximum absolute atomic E-state index is 8.23. The number of rotatable bonds is 5. The summed E-state index contributed by atoms with van der Waals surface area (Å²) in [6.07, 6.45) is -0.977. The van der Waals surface area contributed by atoms with E-state index in [0.717, 1.165) is 16.7 Å².